The fourth-order valence-corrected chi connectivity index (χ4v) is 6.60. The molecule has 0 aromatic heterocycles. The molecule has 0 amide bonds. The van der Waals surface area contributed by atoms with Crippen molar-refractivity contribution in [2.45, 2.75) is 37.6 Å². The van der Waals surface area contributed by atoms with E-state index >= 15 is 0 Å². The molecule has 198 valence electrons. The predicted octanol–water partition coefficient (Wildman–Crippen LogP) is 4.87. The van der Waals surface area contributed by atoms with E-state index < -0.39 is 33.7 Å². The molecule has 2 aromatic rings. The van der Waals surface area contributed by atoms with Crippen LogP contribution in [0.15, 0.2) is 71.7 Å². The van der Waals surface area contributed by atoms with Gasteiger partial charge in [-0.15, -0.1) is 0 Å². The quantitative estimate of drug-likeness (QED) is 0.408. The predicted molar refractivity (Wildman–Crippen MR) is 138 cm³/mol. The maximum Gasteiger partial charge on any atom is 0.421 e. The topological polar surface area (TPSA) is 60.9 Å². The minimum atomic E-state index is -4.85. The maximum absolute atomic E-state index is 13.9. The lowest BCUT2D eigenvalue weighted by atomic mass is 9.94. The molecular formula is C26H26F4N2O3S2. The summed E-state index contributed by atoms with van der Waals surface area (Å²) in [6.45, 7) is 1.15. The van der Waals surface area contributed by atoms with Crippen LogP contribution in [-0.2, 0) is 22.0 Å². The molecule has 5 nitrogen and oxygen atoms in total. The van der Waals surface area contributed by atoms with Crippen LogP contribution in [0.2, 0.25) is 0 Å². The molecule has 0 radical (unpaired) electrons. The van der Waals surface area contributed by atoms with Crippen molar-refractivity contribution in [3.8, 4) is 0 Å². The van der Waals surface area contributed by atoms with E-state index in [1.54, 1.807) is 24.3 Å². The summed E-state index contributed by atoms with van der Waals surface area (Å²) in [6.07, 6.45) is 0.737. The highest BCUT2D eigenvalue weighted by Gasteiger charge is 2.51. The number of anilines is 1. The van der Waals surface area contributed by atoms with E-state index in [2.05, 4.69) is 0 Å². The molecule has 1 aliphatic carbocycles. The Hall–Kier alpha value is -2.60. The number of piperazine rings is 1. The van der Waals surface area contributed by atoms with Gasteiger partial charge in [-0.25, -0.2) is 12.8 Å². The third-order valence-corrected chi connectivity index (χ3v) is 9.16. The maximum atomic E-state index is 13.9. The van der Waals surface area contributed by atoms with Gasteiger partial charge >= 0.3 is 6.18 Å². The Labute approximate surface area is 218 Å². The molecular weight excluding hydrogens is 528 g/mol. The number of hydrogen-bond donors (Lipinski definition) is 1. The zero-order valence-corrected chi connectivity index (χ0v) is 21.6. The van der Waals surface area contributed by atoms with Crippen molar-refractivity contribution in [1.29, 1.82) is 0 Å². The standard InChI is InChI=1S/C26H26F4N2O3S2/c1-25(33,26(28,29)30)19-9-11-21(12-10-19)32-14-13-31(37(34,35)24-8-3-2-7-23(24)36)17-22(32)16-18-5-4-6-20(27)15-18/h2-6,8-12,15,22,33H,7,13-14,16-17H2,1H3/t22-,25-/m0/s1. The minimum Gasteiger partial charge on any atom is -0.376 e. The van der Waals surface area contributed by atoms with Crippen molar-refractivity contribution in [2.24, 2.45) is 0 Å². The fraction of sp³-hybridized carbons (Fsp3) is 0.346. The molecule has 1 aliphatic heterocycles. The highest BCUT2D eigenvalue weighted by molar-refractivity contribution is 7.96. The van der Waals surface area contributed by atoms with E-state index in [-0.39, 0.29) is 30.1 Å². The molecule has 37 heavy (non-hydrogen) atoms. The third kappa shape index (κ3) is 5.64. The van der Waals surface area contributed by atoms with Crippen LogP contribution in [0.4, 0.5) is 23.2 Å². The number of halogens is 4. The molecule has 0 unspecified atom stereocenters. The molecule has 1 fully saturated rings. The number of hydrogen-bond acceptors (Lipinski definition) is 5. The molecule has 0 bridgehead atoms. The first-order valence-corrected chi connectivity index (χ1v) is 13.5. The van der Waals surface area contributed by atoms with E-state index in [4.69, 9.17) is 12.2 Å². The van der Waals surface area contributed by atoms with Gasteiger partial charge in [-0.3, -0.25) is 0 Å². The van der Waals surface area contributed by atoms with E-state index in [0.29, 0.717) is 35.9 Å². The van der Waals surface area contributed by atoms with E-state index in [9.17, 15) is 31.1 Å². The van der Waals surface area contributed by atoms with Gasteiger partial charge in [-0.05, 0) is 54.8 Å². The highest BCUT2D eigenvalue weighted by Crippen LogP contribution is 2.39. The summed E-state index contributed by atoms with van der Waals surface area (Å²) in [5.41, 5.74) is -2.10. The number of allylic oxidation sites excluding steroid dienone is 4. The number of alkyl halides is 3. The largest absolute Gasteiger partial charge is 0.421 e. The number of sulfonamides is 1. The molecule has 1 N–H and O–H groups in total. The summed E-state index contributed by atoms with van der Waals surface area (Å²) in [5, 5.41) is 10.00. The molecule has 2 aliphatic rings. The van der Waals surface area contributed by atoms with E-state index in [1.807, 2.05) is 4.90 Å². The third-order valence-electron chi connectivity index (χ3n) is 6.70. The number of thiocarbonyl (C=S) groups is 1. The normalized spacial score (nSPS) is 21.0. The Balaban J connectivity index is 1.65. The highest BCUT2D eigenvalue weighted by atomic mass is 32.2. The average molecular weight is 555 g/mol. The minimum absolute atomic E-state index is 0.0739. The van der Waals surface area contributed by atoms with Gasteiger partial charge in [0, 0.05) is 42.6 Å². The first-order valence-electron chi connectivity index (χ1n) is 11.6. The summed E-state index contributed by atoms with van der Waals surface area (Å²) in [4.78, 5) is 2.32. The second kappa shape index (κ2) is 10.3. The van der Waals surface area contributed by atoms with E-state index in [1.165, 1.54) is 46.8 Å². The van der Waals surface area contributed by atoms with Crippen LogP contribution >= 0.6 is 12.2 Å². The zero-order valence-electron chi connectivity index (χ0n) is 20.0. The van der Waals surface area contributed by atoms with Crippen molar-refractivity contribution in [2.75, 3.05) is 24.5 Å². The molecule has 1 saturated heterocycles. The van der Waals surface area contributed by atoms with Crippen molar-refractivity contribution in [3.05, 3.63) is 88.6 Å². The molecule has 0 spiro atoms. The van der Waals surface area contributed by atoms with Gasteiger partial charge in [0.25, 0.3) is 0 Å². The Kier molecular flexibility index (Phi) is 7.62. The number of aliphatic hydroxyl groups is 1. The van der Waals surface area contributed by atoms with Gasteiger partial charge < -0.3 is 10.0 Å². The molecule has 0 saturated carbocycles. The summed E-state index contributed by atoms with van der Waals surface area (Å²) in [5.74, 6) is -0.424. The molecule has 2 atom stereocenters. The van der Waals surface area contributed by atoms with Crippen molar-refractivity contribution >= 4 is 32.8 Å². The molecule has 2 aromatic carbocycles. The lowest BCUT2D eigenvalue weighted by molar-refractivity contribution is -0.258. The van der Waals surface area contributed by atoms with Crippen molar-refractivity contribution < 1.29 is 31.1 Å². The number of benzene rings is 2. The van der Waals surface area contributed by atoms with Gasteiger partial charge in [-0.1, -0.05) is 48.6 Å². The number of nitrogens with zero attached hydrogens (tertiary/aromatic N) is 2. The van der Waals surface area contributed by atoms with Gasteiger partial charge in [0.2, 0.25) is 10.0 Å². The van der Waals surface area contributed by atoms with Crippen molar-refractivity contribution in [3.63, 3.8) is 0 Å². The zero-order chi connectivity index (χ0) is 27.0. The van der Waals surface area contributed by atoms with Crippen LogP contribution in [-0.4, -0.2) is 54.5 Å². The van der Waals surface area contributed by atoms with Crippen molar-refractivity contribution in [1.82, 2.24) is 4.31 Å². The number of rotatable bonds is 6. The first-order chi connectivity index (χ1) is 17.3. The van der Waals surface area contributed by atoms with Crippen LogP contribution in [0.5, 0.6) is 0 Å². The Bertz CT molecular complexity index is 1340. The molecule has 11 heteroatoms. The average Bonchev–Trinajstić information content (AvgIpc) is 2.83. The Morgan fingerprint density at radius 1 is 1.11 bits per heavy atom. The van der Waals surface area contributed by atoms with Gasteiger partial charge in [-0.2, -0.15) is 17.5 Å². The van der Waals surface area contributed by atoms with Crippen LogP contribution in [0.25, 0.3) is 0 Å². The van der Waals surface area contributed by atoms with Gasteiger partial charge in [0.05, 0.1) is 4.91 Å². The van der Waals surface area contributed by atoms with Gasteiger partial charge in [0.15, 0.2) is 5.60 Å². The fourth-order valence-electron chi connectivity index (χ4n) is 4.53. The van der Waals surface area contributed by atoms with Gasteiger partial charge in [0.1, 0.15) is 5.82 Å². The summed E-state index contributed by atoms with van der Waals surface area (Å²) < 4.78 is 81.9. The molecule has 4 rings (SSSR count). The van der Waals surface area contributed by atoms with Crippen LogP contribution in [0.3, 0.4) is 0 Å². The summed E-state index contributed by atoms with van der Waals surface area (Å²) in [6, 6.07) is 10.9. The summed E-state index contributed by atoms with van der Waals surface area (Å²) in [7, 11) is -3.87. The summed E-state index contributed by atoms with van der Waals surface area (Å²) >= 11 is 5.28. The van der Waals surface area contributed by atoms with Crippen LogP contribution in [0, 0.1) is 5.82 Å². The van der Waals surface area contributed by atoms with E-state index in [0.717, 1.165) is 0 Å². The van der Waals surface area contributed by atoms with Crippen LogP contribution in [0.1, 0.15) is 24.5 Å². The SMILES string of the molecule is C[C@](O)(c1ccc(N2CCN(S(=O)(=O)C3=CC=CCC3=S)C[C@@H]2Cc2cccc(F)c2)cc1)C(F)(F)F. The second-order valence-corrected chi connectivity index (χ2v) is 11.6. The second-order valence-electron chi connectivity index (χ2n) is 9.25. The Morgan fingerprint density at radius 3 is 2.43 bits per heavy atom. The smallest absolute Gasteiger partial charge is 0.376 e. The van der Waals surface area contributed by atoms with Crippen LogP contribution < -0.4 is 4.90 Å². The Morgan fingerprint density at radius 2 is 1.81 bits per heavy atom. The lowest BCUT2D eigenvalue weighted by Gasteiger charge is -2.43. The lowest BCUT2D eigenvalue weighted by Crippen LogP contribution is -2.56. The monoisotopic (exact) mass is 554 g/mol. The molecule has 1 heterocycles. The first kappa shape index (κ1) is 27.4.